The molecule has 6 heteroatoms. The van der Waals surface area contributed by atoms with Crippen molar-refractivity contribution in [1.82, 2.24) is 0 Å². The third-order valence-corrected chi connectivity index (χ3v) is 2.81. The molecule has 3 N–H and O–H groups in total. The fourth-order valence-corrected chi connectivity index (χ4v) is 1.87. The number of rotatable bonds is 5. The van der Waals surface area contributed by atoms with E-state index >= 15 is 0 Å². The zero-order valence-electron chi connectivity index (χ0n) is 11.9. The topological polar surface area (TPSA) is 98.9 Å². The minimum absolute atomic E-state index is 0.0595. The summed E-state index contributed by atoms with van der Waals surface area (Å²) in [4.78, 5) is 23.0. The molecule has 0 amide bonds. The predicted octanol–water partition coefficient (Wildman–Crippen LogP) is 2.94. The number of aromatic carboxylic acids is 1. The number of carboxylic acid groups (broad SMARTS) is 1. The molecule has 0 unspecified atom stereocenters. The zero-order chi connectivity index (χ0) is 16.1. The lowest BCUT2D eigenvalue weighted by Crippen LogP contribution is -2.11. The number of nitrogen functional groups attached to an aromatic ring is 1. The maximum Gasteiger partial charge on any atom is 0.339 e. The van der Waals surface area contributed by atoms with Gasteiger partial charge < -0.3 is 20.3 Å². The van der Waals surface area contributed by atoms with Gasteiger partial charge in [-0.1, -0.05) is 6.07 Å². The molecular formula is C16H15NO5. The summed E-state index contributed by atoms with van der Waals surface area (Å²) < 4.78 is 10.4. The number of nitrogens with two attached hydrogens (primary N) is 1. The lowest BCUT2D eigenvalue weighted by atomic mass is 10.1. The van der Waals surface area contributed by atoms with E-state index < -0.39 is 11.9 Å². The van der Waals surface area contributed by atoms with Crippen molar-refractivity contribution in [2.24, 2.45) is 0 Å². The van der Waals surface area contributed by atoms with Crippen LogP contribution in [-0.2, 0) is 4.74 Å². The van der Waals surface area contributed by atoms with Crippen LogP contribution in [0, 0.1) is 0 Å². The van der Waals surface area contributed by atoms with Crippen molar-refractivity contribution < 1.29 is 24.2 Å². The third-order valence-electron chi connectivity index (χ3n) is 2.81. The quantitative estimate of drug-likeness (QED) is 0.650. The monoisotopic (exact) mass is 301 g/mol. The number of carbonyl (C=O) groups is 2. The molecule has 22 heavy (non-hydrogen) atoms. The van der Waals surface area contributed by atoms with Gasteiger partial charge in [0.05, 0.1) is 17.7 Å². The van der Waals surface area contributed by atoms with Gasteiger partial charge >= 0.3 is 11.9 Å². The molecule has 0 aliphatic heterocycles. The Balaban J connectivity index is 2.35. The number of anilines is 1. The predicted molar refractivity (Wildman–Crippen MR) is 80.3 cm³/mol. The Morgan fingerprint density at radius 1 is 1.09 bits per heavy atom. The highest BCUT2D eigenvalue weighted by Gasteiger charge is 2.18. The Labute approximate surface area is 127 Å². The van der Waals surface area contributed by atoms with Crippen molar-refractivity contribution >= 4 is 17.6 Å². The summed E-state index contributed by atoms with van der Waals surface area (Å²) in [6.07, 6.45) is 0. The average molecular weight is 301 g/mol. The number of carboxylic acids is 1. The van der Waals surface area contributed by atoms with Gasteiger partial charge in [-0.05, 0) is 37.3 Å². The van der Waals surface area contributed by atoms with Gasteiger partial charge in [0.25, 0.3) is 0 Å². The highest BCUT2D eigenvalue weighted by Crippen LogP contribution is 2.26. The van der Waals surface area contributed by atoms with Crippen molar-refractivity contribution in [1.29, 1.82) is 0 Å². The Morgan fingerprint density at radius 3 is 2.45 bits per heavy atom. The van der Waals surface area contributed by atoms with E-state index in [0.29, 0.717) is 17.2 Å². The van der Waals surface area contributed by atoms with Crippen molar-refractivity contribution in [3.05, 3.63) is 53.6 Å². The van der Waals surface area contributed by atoms with Gasteiger partial charge in [0.1, 0.15) is 11.5 Å². The molecule has 0 heterocycles. The molecule has 2 aromatic rings. The molecule has 0 fully saturated rings. The fourth-order valence-electron chi connectivity index (χ4n) is 1.87. The van der Waals surface area contributed by atoms with Gasteiger partial charge in [-0.15, -0.1) is 0 Å². The Kier molecular flexibility index (Phi) is 4.63. The van der Waals surface area contributed by atoms with Gasteiger partial charge in [-0.2, -0.15) is 0 Å². The summed E-state index contributed by atoms with van der Waals surface area (Å²) in [5.41, 5.74) is 5.99. The summed E-state index contributed by atoms with van der Waals surface area (Å²) in [6, 6.07) is 10.9. The molecule has 0 aromatic heterocycles. The van der Waals surface area contributed by atoms with Crippen LogP contribution in [0.15, 0.2) is 42.5 Å². The number of hydrogen-bond donors (Lipinski definition) is 2. The van der Waals surface area contributed by atoms with Gasteiger partial charge in [-0.3, -0.25) is 0 Å². The molecule has 2 rings (SSSR count). The van der Waals surface area contributed by atoms with E-state index in [2.05, 4.69) is 0 Å². The smallest absolute Gasteiger partial charge is 0.339 e. The molecule has 0 spiro atoms. The fraction of sp³-hybridized carbons (Fsp3) is 0.125. The van der Waals surface area contributed by atoms with Crippen LogP contribution in [0.3, 0.4) is 0 Å². The maximum absolute atomic E-state index is 11.9. The van der Waals surface area contributed by atoms with Crippen molar-refractivity contribution in [2.45, 2.75) is 6.92 Å². The van der Waals surface area contributed by atoms with E-state index in [9.17, 15) is 9.59 Å². The number of hydrogen-bond acceptors (Lipinski definition) is 5. The Morgan fingerprint density at radius 2 is 1.82 bits per heavy atom. The number of esters is 1. The van der Waals surface area contributed by atoms with Crippen molar-refractivity contribution in [3.63, 3.8) is 0 Å². The number of carbonyl (C=O) groups excluding carboxylic acids is 1. The molecule has 114 valence electrons. The minimum atomic E-state index is -1.21. The van der Waals surface area contributed by atoms with Gasteiger partial charge in [-0.25, -0.2) is 9.59 Å². The van der Waals surface area contributed by atoms with E-state index in [1.165, 1.54) is 18.2 Å². The number of ether oxygens (including phenoxy) is 2. The van der Waals surface area contributed by atoms with E-state index in [-0.39, 0.29) is 17.7 Å². The summed E-state index contributed by atoms with van der Waals surface area (Å²) in [5, 5.41) is 9.13. The highest BCUT2D eigenvalue weighted by molar-refractivity contribution is 6.02. The first-order valence-electron chi connectivity index (χ1n) is 6.59. The molecule has 0 saturated heterocycles. The second kappa shape index (κ2) is 6.62. The van der Waals surface area contributed by atoms with Crippen LogP contribution in [0.4, 0.5) is 5.69 Å². The molecule has 0 bridgehead atoms. The normalized spacial score (nSPS) is 10.0. The van der Waals surface area contributed by atoms with Crippen LogP contribution >= 0.6 is 0 Å². The van der Waals surface area contributed by atoms with Crippen LogP contribution in [0.1, 0.15) is 27.6 Å². The first-order chi connectivity index (χ1) is 10.5. The van der Waals surface area contributed by atoms with Crippen LogP contribution in [0.5, 0.6) is 11.5 Å². The van der Waals surface area contributed by atoms with E-state index in [1.54, 1.807) is 31.2 Å². The summed E-state index contributed by atoms with van der Waals surface area (Å²) >= 11 is 0. The summed E-state index contributed by atoms with van der Waals surface area (Å²) in [5.74, 6) is -1.12. The van der Waals surface area contributed by atoms with Crippen LogP contribution < -0.4 is 10.5 Å². The van der Waals surface area contributed by atoms with E-state index in [1.807, 2.05) is 0 Å². The van der Waals surface area contributed by atoms with E-state index in [0.717, 1.165) is 0 Å². The first-order valence-corrected chi connectivity index (χ1v) is 6.59. The third kappa shape index (κ3) is 3.54. The summed E-state index contributed by atoms with van der Waals surface area (Å²) in [7, 11) is 0. The summed E-state index contributed by atoms with van der Waals surface area (Å²) in [6.45, 7) is 1.80. The lowest BCUT2D eigenvalue weighted by molar-refractivity contribution is 0.0514. The Bertz CT molecular complexity index is 711. The van der Waals surface area contributed by atoms with Gasteiger partial charge in [0, 0.05) is 11.8 Å². The molecule has 0 atom stereocenters. The van der Waals surface area contributed by atoms with Crippen molar-refractivity contribution in [2.75, 3.05) is 12.3 Å². The zero-order valence-corrected chi connectivity index (χ0v) is 11.9. The molecule has 0 aliphatic rings. The molecule has 6 nitrogen and oxygen atoms in total. The largest absolute Gasteiger partial charge is 0.478 e. The second-order valence-electron chi connectivity index (χ2n) is 4.41. The SMILES string of the molecule is CCOC(=O)c1cc(Oc2cccc(N)c2)ccc1C(=O)O. The molecular weight excluding hydrogens is 286 g/mol. The molecule has 0 saturated carbocycles. The van der Waals surface area contributed by atoms with Crippen LogP contribution in [0.2, 0.25) is 0 Å². The first kappa shape index (κ1) is 15.4. The van der Waals surface area contributed by atoms with Crippen molar-refractivity contribution in [3.8, 4) is 11.5 Å². The molecule has 2 aromatic carbocycles. The average Bonchev–Trinajstić information content (AvgIpc) is 2.47. The van der Waals surface area contributed by atoms with Gasteiger partial charge in [0.15, 0.2) is 0 Å². The molecule has 0 aliphatic carbocycles. The standard InChI is InChI=1S/C16H15NO5/c1-2-21-16(20)14-9-12(6-7-13(14)15(18)19)22-11-5-3-4-10(17)8-11/h3-9H,2,17H2,1H3,(H,18,19). The minimum Gasteiger partial charge on any atom is -0.478 e. The molecule has 0 radical (unpaired) electrons. The maximum atomic E-state index is 11.9. The van der Waals surface area contributed by atoms with Crippen LogP contribution in [-0.4, -0.2) is 23.7 Å². The number of benzene rings is 2. The highest BCUT2D eigenvalue weighted by atomic mass is 16.5. The second-order valence-corrected chi connectivity index (χ2v) is 4.41. The van der Waals surface area contributed by atoms with Crippen LogP contribution in [0.25, 0.3) is 0 Å². The Hall–Kier alpha value is -3.02. The lowest BCUT2D eigenvalue weighted by Gasteiger charge is -2.10. The van der Waals surface area contributed by atoms with Gasteiger partial charge in [0.2, 0.25) is 0 Å². The van der Waals surface area contributed by atoms with E-state index in [4.69, 9.17) is 20.3 Å².